The minimum Gasteiger partial charge on any atom is -0.248 e. The van der Waals surface area contributed by atoms with E-state index in [4.69, 9.17) is 5.14 Å². The zero-order chi connectivity index (χ0) is 10.9. The molecule has 0 aromatic carbocycles. The van der Waals surface area contributed by atoms with Crippen LogP contribution in [-0.4, -0.2) is 13.4 Å². The number of hydrogen-bond acceptors (Lipinski definition) is 4. The highest BCUT2D eigenvalue weighted by Crippen LogP contribution is 2.37. The number of hydrogen-bond donors (Lipinski definition) is 1. The van der Waals surface area contributed by atoms with Gasteiger partial charge in [0.05, 0.1) is 0 Å². The lowest BCUT2D eigenvalue weighted by atomic mass is 10.0. The van der Waals surface area contributed by atoms with Crippen molar-refractivity contribution < 1.29 is 8.42 Å². The lowest BCUT2D eigenvalue weighted by Crippen LogP contribution is -2.39. The first-order valence-corrected chi connectivity index (χ1v) is 6.75. The second kappa shape index (κ2) is 3.55. The monoisotopic (exact) mass is 242 g/mol. The molecule has 1 unspecified atom stereocenters. The Labute approximate surface area is 92.2 Å². The van der Waals surface area contributed by atoms with Crippen molar-refractivity contribution in [3.05, 3.63) is 40.9 Å². The number of aromatic nitrogens is 1. The van der Waals surface area contributed by atoms with Crippen LogP contribution in [0.4, 0.5) is 0 Å². The summed E-state index contributed by atoms with van der Waals surface area (Å²) in [5.41, 5.74) is 0. The molecule has 1 aliphatic rings. The highest BCUT2D eigenvalue weighted by Gasteiger charge is 2.43. The summed E-state index contributed by atoms with van der Waals surface area (Å²) >= 11 is 1.30. The lowest BCUT2D eigenvalue weighted by Gasteiger charge is -2.26. The maximum absolute atomic E-state index is 11.7. The third-order valence-corrected chi connectivity index (χ3v) is 4.93. The standard InChI is InChI=1S/C9H10N2O2S2/c10-15(12,13)9(4-2-1-3-5-9)8-11-6-7-14-8/h1-4,6-7H,5H2,(H2,10,12,13). The van der Waals surface area contributed by atoms with Crippen LogP contribution < -0.4 is 5.14 Å². The van der Waals surface area contributed by atoms with Gasteiger partial charge in [0, 0.05) is 11.6 Å². The summed E-state index contributed by atoms with van der Waals surface area (Å²) in [4.78, 5) is 4.05. The number of rotatable bonds is 2. The Morgan fingerprint density at radius 2 is 2.27 bits per heavy atom. The van der Waals surface area contributed by atoms with E-state index in [1.165, 1.54) is 11.3 Å². The van der Waals surface area contributed by atoms with Crippen molar-refractivity contribution in [1.82, 2.24) is 4.98 Å². The quantitative estimate of drug-likeness (QED) is 0.845. The second-order valence-corrected chi connectivity index (χ2v) is 5.98. The smallest absolute Gasteiger partial charge is 0.225 e. The molecular formula is C9H10N2O2S2. The van der Waals surface area contributed by atoms with Gasteiger partial charge >= 0.3 is 0 Å². The van der Waals surface area contributed by atoms with Crippen molar-refractivity contribution >= 4 is 21.4 Å². The van der Waals surface area contributed by atoms with Crippen LogP contribution in [0.5, 0.6) is 0 Å². The van der Waals surface area contributed by atoms with E-state index < -0.39 is 14.8 Å². The minimum absolute atomic E-state index is 0.343. The van der Waals surface area contributed by atoms with Gasteiger partial charge < -0.3 is 0 Å². The van der Waals surface area contributed by atoms with Crippen LogP contribution >= 0.6 is 11.3 Å². The molecule has 0 saturated heterocycles. The molecule has 4 nitrogen and oxygen atoms in total. The van der Waals surface area contributed by atoms with Crippen molar-refractivity contribution in [1.29, 1.82) is 0 Å². The van der Waals surface area contributed by atoms with Gasteiger partial charge in [-0.3, -0.25) is 0 Å². The Hall–Kier alpha value is -0.980. The summed E-state index contributed by atoms with van der Waals surface area (Å²) in [6, 6.07) is 0. The van der Waals surface area contributed by atoms with Gasteiger partial charge in [-0.1, -0.05) is 24.3 Å². The molecule has 2 rings (SSSR count). The zero-order valence-electron chi connectivity index (χ0n) is 7.83. The highest BCUT2D eigenvalue weighted by atomic mass is 32.2. The zero-order valence-corrected chi connectivity index (χ0v) is 9.46. The molecule has 0 spiro atoms. The summed E-state index contributed by atoms with van der Waals surface area (Å²) in [6.07, 6.45) is 8.80. The topological polar surface area (TPSA) is 73.1 Å². The van der Waals surface area contributed by atoms with Gasteiger partial charge in [0.15, 0.2) is 4.75 Å². The summed E-state index contributed by atoms with van der Waals surface area (Å²) in [5, 5.41) is 7.55. The van der Waals surface area contributed by atoms with Crippen LogP contribution in [0.15, 0.2) is 35.9 Å². The fraction of sp³-hybridized carbons (Fsp3) is 0.222. The molecule has 0 radical (unpaired) electrons. The van der Waals surface area contributed by atoms with Crippen LogP contribution in [-0.2, 0) is 14.8 Å². The van der Waals surface area contributed by atoms with Crippen LogP contribution in [0.1, 0.15) is 11.4 Å². The van der Waals surface area contributed by atoms with Crippen molar-refractivity contribution in [2.75, 3.05) is 0 Å². The Kier molecular flexibility index (Phi) is 2.49. The van der Waals surface area contributed by atoms with E-state index in [2.05, 4.69) is 4.98 Å². The maximum Gasteiger partial charge on any atom is 0.225 e. The lowest BCUT2D eigenvalue weighted by molar-refractivity contribution is 0.558. The fourth-order valence-electron chi connectivity index (χ4n) is 1.52. The molecule has 1 aromatic heterocycles. The van der Waals surface area contributed by atoms with Crippen molar-refractivity contribution in [2.45, 2.75) is 11.2 Å². The number of allylic oxidation sites excluding steroid dienone is 3. The average Bonchev–Trinajstić information content (AvgIpc) is 2.70. The first kappa shape index (κ1) is 10.5. The molecule has 15 heavy (non-hydrogen) atoms. The van der Waals surface area contributed by atoms with E-state index in [-0.39, 0.29) is 0 Å². The largest absolute Gasteiger partial charge is 0.248 e. The van der Waals surface area contributed by atoms with E-state index in [0.29, 0.717) is 11.4 Å². The molecule has 2 N–H and O–H groups in total. The van der Waals surface area contributed by atoms with Gasteiger partial charge in [0.25, 0.3) is 0 Å². The summed E-state index contributed by atoms with van der Waals surface area (Å²) in [6.45, 7) is 0. The number of nitrogens with two attached hydrogens (primary N) is 1. The molecule has 6 heteroatoms. The van der Waals surface area contributed by atoms with E-state index in [9.17, 15) is 8.42 Å². The third-order valence-electron chi connectivity index (χ3n) is 2.34. The predicted molar refractivity (Wildman–Crippen MR) is 59.8 cm³/mol. The van der Waals surface area contributed by atoms with Crippen LogP contribution in [0.25, 0.3) is 0 Å². The van der Waals surface area contributed by atoms with Crippen molar-refractivity contribution in [2.24, 2.45) is 5.14 Å². The van der Waals surface area contributed by atoms with Crippen LogP contribution in [0, 0.1) is 0 Å². The Bertz CT molecular complexity index is 502. The van der Waals surface area contributed by atoms with Crippen LogP contribution in [0.3, 0.4) is 0 Å². The normalized spacial score (nSPS) is 25.7. The van der Waals surface area contributed by atoms with E-state index in [1.54, 1.807) is 35.9 Å². The Balaban J connectivity index is 2.60. The molecule has 1 aromatic rings. The van der Waals surface area contributed by atoms with Gasteiger partial charge in [0.1, 0.15) is 5.01 Å². The molecule has 1 atom stereocenters. The molecule has 0 saturated carbocycles. The molecule has 0 aliphatic heterocycles. The second-order valence-electron chi connectivity index (χ2n) is 3.26. The van der Waals surface area contributed by atoms with Gasteiger partial charge in [-0.25, -0.2) is 18.5 Å². The van der Waals surface area contributed by atoms with Gasteiger partial charge in [-0.2, -0.15) is 0 Å². The van der Waals surface area contributed by atoms with Gasteiger partial charge in [-0.15, -0.1) is 11.3 Å². The fourth-order valence-corrected chi connectivity index (χ4v) is 3.63. The SMILES string of the molecule is NS(=O)(=O)C1(c2nccs2)C=CC=CC1. The molecule has 80 valence electrons. The van der Waals surface area contributed by atoms with Crippen LogP contribution in [0.2, 0.25) is 0 Å². The van der Waals surface area contributed by atoms with E-state index >= 15 is 0 Å². The summed E-state index contributed by atoms with van der Waals surface area (Å²) < 4.78 is 22.2. The molecule has 0 amide bonds. The predicted octanol–water partition coefficient (Wildman–Crippen LogP) is 1.14. The Morgan fingerprint density at radius 3 is 2.73 bits per heavy atom. The molecule has 0 fully saturated rings. The summed E-state index contributed by atoms with van der Waals surface area (Å²) in [5.74, 6) is 0. The molecule has 1 heterocycles. The van der Waals surface area contributed by atoms with E-state index in [0.717, 1.165) is 0 Å². The first-order chi connectivity index (χ1) is 7.06. The Morgan fingerprint density at radius 1 is 1.47 bits per heavy atom. The number of sulfonamides is 1. The number of primary sulfonamides is 1. The highest BCUT2D eigenvalue weighted by molar-refractivity contribution is 7.90. The first-order valence-electron chi connectivity index (χ1n) is 4.33. The minimum atomic E-state index is -3.70. The number of thiazole rings is 1. The molecule has 1 aliphatic carbocycles. The average molecular weight is 242 g/mol. The van der Waals surface area contributed by atoms with Gasteiger partial charge in [0.2, 0.25) is 10.0 Å². The summed E-state index contributed by atoms with van der Waals surface area (Å²) in [7, 11) is -3.70. The third kappa shape index (κ3) is 1.64. The molecular weight excluding hydrogens is 232 g/mol. The van der Waals surface area contributed by atoms with Crippen molar-refractivity contribution in [3.8, 4) is 0 Å². The molecule has 0 bridgehead atoms. The maximum atomic E-state index is 11.7. The van der Waals surface area contributed by atoms with Gasteiger partial charge in [-0.05, 0) is 6.42 Å². The van der Waals surface area contributed by atoms with Crippen molar-refractivity contribution in [3.63, 3.8) is 0 Å². The number of nitrogens with zero attached hydrogens (tertiary/aromatic N) is 1. The van der Waals surface area contributed by atoms with E-state index in [1.807, 2.05) is 0 Å².